The first kappa shape index (κ1) is 16.7. The van der Waals surface area contributed by atoms with E-state index < -0.39 is 0 Å². The molecule has 0 saturated carbocycles. The van der Waals surface area contributed by atoms with Crippen LogP contribution in [0.1, 0.15) is 5.56 Å². The van der Waals surface area contributed by atoms with Gasteiger partial charge in [0.2, 0.25) is 5.91 Å². The summed E-state index contributed by atoms with van der Waals surface area (Å²) in [6.07, 6.45) is 7.00. The lowest BCUT2D eigenvalue weighted by Gasteiger charge is -2.05. The molecule has 0 aliphatic rings. The minimum atomic E-state index is -0.140. The number of anilines is 1. The molecule has 2 aromatic carbocycles. The van der Waals surface area contributed by atoms with Gasteiger partial charge in [-0.2, -0.15) is 5.10 Å². The van der Waals surface area contributed by atoms with Crippen LogP contribution in [-0.2, 0) is 11.2 Å². The third kappa shape index (κ3) is 4.07. The topological polar surface area (TPSA) is 72.7 Å². The van der Waals surface area contributed by atoms with Crippen molar-refractivity contribution in [1.29, 1.82) is 0 Å². The molecule has 0 unspecified atom stereocenters. The van der Waals surface area contributed by atoms with Crippen molar-refractivity contribution in [1.82, 2.24) is 19.7 Å². The fourth-order valence-corrected chi connectivity index (χ4v) is 2.69. The summed E-state index contributed by atoms with van der Waals surface area (Å²) in [5, 5.41) is 7.12. The zero-order chi connectivity index (χ0) is 18.5. The van der Waals surface area contributed by atoms with Crippen molar-refractivity contribution in [3.05, 3.63) is 91.0 Å². The second-order valence-electron chi connectivity index (χ2n) is 6.02. The zero-order valence-electron chi connectivity index (χ0n) is 14.5. The molecule has 0 bridgehead atoms. The van der Waals surface area contributed by atoms with Gasteiger partial charge in [0.1, 0.15) is 0 Å². The average Bonchev–Trinajstić information content (AvgIpc) is 3.18. The molecule has 132 valence electrons. The summed E-state index contributed by atoms with van der Waals surface area (Å²) in [4.78, 5) is 20.9. The number of amides is 1. The summed E-state index contributed by atoms with van der Waals surface area (Å²) < 4.78 is 1.75. The Hall–Kier alpha value is -3.80. The molecule has 0 aliphatic carbocycles. The van der Waals surface area contributed by atoms with E-state index in [1.807, 2.05) is 66.9 Å². The van der Waals surface area contributed by atoms with Crippen molar-refractivity contribution in [3.63, 3.8) is 0 Å². The van der Waals surface area contributed by atoms with Gasteiger partial charge in [0.05, 0.1) is 36.4 Å². The Bertz CT molecular complexity index is 1030. The van der Waals surface area contributed by atoms with Crippen molar-refractivity contribution in [2.75, 3.05) is 5.32 Å². The van der Waals surface area contributed by atoms with Crippen LogP contribution in [0.5, 0.6) is 0 Å². The van der Waals surface area contributed by atoms with Crippen LogP contribution in [0.2, 0.25) is 0 Å². The standard InChI is InChI=1S/C21H17N5O/c27-20(11-16-12-24-26(15-16)19-9-5-2-6-10-19)25-18-13-22-21(23-14-18)17-7-3-1-4-8-17/h1-10,12-15H,11H2,(H,25,27). The Labute approximate surface area is 156 Å². The molecule has 0 spiro atoms. The maximum Gasteiger partial charge on any atom is 0.228 e. The summed E-state index contributed by atoms with van der Waals surface area (Å²) in [6, 6.07) is 19.5. The molecule has 0 atom stereocenters. The Morgan fingerprint density at radius 1 is 0.889 bits per heavy atom. The molecule has 1 N–H and O–H groups in total. The molecule has 4 aromatic rings. The number of carbonyl (C=O) groups is 1. The number of benzene rings is 2. The predicted molar refractivity (Wildman–Crippen MR) is 103 cm³/mol. The van der Waals surface area contributed by atoms with Gasteiger partial charge in [-0.05, 0) is 17.7 Å². The molecule has 2 heterocycles. The molecule has 6 nitrogen and oxygen atoms in total. The van der Waals surface area contributed by atoms with Crippen molar-refractivity contribution >= 4 is 11.6 Å². The molecule has 0 fully saturated rings. The third-order valence-corrected chi connectivity index (χ3v) is 3.99. The largest absolute Gasteiger partial charge is 0.323 e. The number of hydrogen-bond acceptors (Lipinski definition) is 4. The Morgan fingerprint density at radius 3 is 2.26 bits per heavy atom. The second-order valence-corrected chi connectivity index (χ2v) is 6.02. The van der Waals surface area contributed by atoms with E-state index in [1.54, 1.807) is 23.3 Å². The van der Waals surface area contributed by atoms with Gasteiger partial charge in [0, 0.05) is 11.8 Å². The fraction of sp³-hybridized carbons (Fsp3) is 0.0476. The van der Waals surface area contributed by atoms with Gasteiger partial charge in [-0.25, -0.2) is 14.6 Å². The van der Waals surface area contributed by atoms with Crippen LogP contribution in [0.4, 0.5) is 5.69 Å². The van der Waals surface area contributed by atoms with Crippen LogP contribution in [-0.4, -0.2) is 25.7 Å². The molecule has 0 radical (unpaired) electrons. The van der Waals surface area contributed by atoms with E-state index in [0.29, 0.717) is 11.5 Å². The maximum absolute atomic E-state index is 12.3. The molecule has 4 rings (SSSR count). The molecule has 27 heavy (non-hydrogen) atoms. The van der Waals surface area contributed by atoms with Crippen LogP contribution in [0.15, 0.2) is 85.5 Å². The lowest BCUT2D eigenvalue weighted by atomic mass is 10.2. The van der Waals surface area contributed by atoms with E-state index in [-0.39, 0.29) is 12.3 Å². The quantitative estimate of drug-likeness (QED) is 0.595. The van der Waals surface area contributed by atoms with E-state index in [4.69, 9.17) is 0 Å². The summed E-state index contributed by atoms with van der Waals surface area (Å²) in [6.45, 7) is 0. The van der Waals surface area contributed by atoms with Crippen molar-refractivity contribution in [2.45, 2.75) is 6.42 Å². The number of rotatable bonds is 5. The number of aromatic nitrogens is 4. The second kappa shape index (κ2) is 7.61. The molecular weight excluding hydrogens is 338 g/mol. The molecule has 0 aliphatic heterocycles. The molecule has 2 aromatic heterocycles. The van der Waals surface area contributed by atoms with Crippen LogP contribution in [0.25, 0.3) is 17.1 Å². The number of carbonyl (C=O) groups excluding carboxylic acids is 1. The first-order chi connectivity index (χ1) is 13.3. The van der Waals surface area contributed by atoms with E-state index >= 15 is 0 Å². The predicted octanol–water partition coefficient (Wildman–Crippen LogP) is 3.51. The van der Waals surface area contributed by atoms with Crippen molar-refractivity contribution in [2.24, 2.45) is 0 Å². The first-order valence-electron chi connectivity index (χ1n) is 8.54. The van der Waals surface area contributed by atoms with Gasteiger partial charge in [0.15, 0.2) is 5.82 Å². The van der Waals surface area contributed by atoms with E-state index in [2.05, 4.69) is 20.4 Å². The van der Waals surface area contributed by atoms with Crippen molar-refractivity contribution < 1.29 is 4.79 Å². The maximum atomic E-state index is 12.3. The van der Waals surface area contributed by atoms with E-state index in [1.165, 1.54) is 0 Å². The van der Waals surface area contributed by atoms with Crippen molar-refractivity contribution in [3.8, 4) is 17.1 Å². The Morgan fingerprint density at radius 2 is 1.56 bits per heavy atom. The number of nitrogens with one attached hydrogen (secondary N) is 1. The summed E-state index contributed by atoms with van der Waals surface area (Å²) >= 11 is 0. The van der Waals surface area contributed by atoms with Crippen LogP contribution in [0.3, 0.4) is 0 Å². The Kier molecular flexibility index (Phi) is 4.70. The number of nitrogens with zero attached hydrogens (tertiary/aromatic N) is 4. The Balaban J connectivity index is 1.39. The molecule has 0 saturated heterocycles. The number of hydrogen-bond donors (Lipinski definition) is 1. The highest BCUT2D eigenvalue weighted by molar-refractivity contribution is 5.91. The first-order valence-corrected chi connectivity index (χ1v) is 8.54. The van der Waals surface area contributed by atoms with Crippen LogP contribution < -0.4 is 5.32 Å². The van der Waals surface area contributed by atoms with Gasteiger partial charge in [0.25, 0.3) is 0 Å². The van der Waals surface area contributed by atoms with Gasteiger partial charge >= 0.3 is 0 Å². The highest BCUT2D eigenvalue weighted by Gasteiger charge is 2.08. The van der Waals surface area contributed by atoms with Gasteiger partial charge in [-0.1, -0.05) is 48.5 Å². The normalized spacial score (nSPS) is 10.5. The summed E-state index contributed by atoms with van der Waals surface area (Å²) in [5.41, 5.74) is 3.28. The van der Waals surface area contributed by atoms with E-state index in [9.17, 15) is 4.79 Å². The third-order valence-electron chi connectivity index (χ3n) is 3.99. The molecular formula is C21H17N5O. The van der Waals surface area contributed by atoms with Gasteiger partial charge in [-0.15, -0.1) is 0 Å². The minimum absolute atomic E-state index is 0.140. The molecule has 1 amide bonds. The summed E-state index contributed by atoms with van der Waals surface area (Å²) in [5.74, 6) is 0.483. The lowest BCUT2D eigenvalue weighted by Crippen LogP contribution is -2.14. The SMILES string of the molecule is O=C(Cc1cnn(-c2ccccc2)c1)Nc1cnc(-c2ccccc2)nc1. The van der Waals surface area contributed by atoms with Crippen LogP contribution >= 0.6 is 0 Å². The minimum Gasteiger partial charge on any atom is -0.323 e. The fourth-order valence-electron chi connectivity index (χ4n) is 2.69. The molecule has 6 heteroatoms. The van der Waals surface area contributed by atoms with Gasteiger partial charge in [-0.3, -0.25) is 4.79 Å². The monoisotopic (exact) mass is 355 g/mol. The zero-order valence-corrected chi connectivity index (χ0v) is 14.5. The lowest BCUT2D eigenvalue weighted by molar-refractivity contribution is -0.115. The summed E-state index contributed by atoms with van der Waals surface area (Å²) in [7, 11) is 0. The van der Waals surface area contributed by atoms with Crippen LogP contribution in [0, 0.1) is 0 Å². The van der Waals surface area contributed by atoms with E-state index in [0.717, 1.165) is 16.8 Å². The smallest absolute Gasteiger partial charge is 0.228 e. The average molecular weight is 355 g/mol. The van der Waals surface area contributed by atoms with Gasteiger partial charge < -0.3 is 5.32 Å². The number of para-hydroxylation sites is 1. The highest BCUT2D eigenvalue weighted by Crippen LogP contribution is 2.15. The highest BCUT2D eigenvalue weighted by atomic mass is 16.1.